The van der Waals surface area contributed by atoms with Crippen molar-refractivity contribution in [2.75, 3.05) is 7.11 Å². The van der Waals surface area contributed by atoms with E-state index in [1.807, 2.05) is 49.4 Å². The van der Waals surface area contributed by atoms with Crippen molar-refractivity contribution in [3.05, 3.63) is 63.1 Å². The molecule has 0 spiro atoms. The highest BCUT2D eigenvalue weighted by atomic mass is 79.9. The Hall–Kier alpha value is -1.03. The molecule has 2 rings (SSSR count). The van der Waals surface area contributed by atoms with Crippen molar-refractivity contribution in [1.29, 1.82) is 0 Å². The summed E-state index contributed by atoms with van der Waals surface area (Å²) in [6.45, 7) is 2.01. The fourth-order valence-electron chi connectivity index (χ4n) is 2.19. The van der Waals surface area contributed by atoms with Crippen LogP contribution in [0.25, 0.3) is 0 Å². The van der Waals surface area contributed by atoms with Gasteiger partial charge >= 0.3 is 0 Å². The van der Waals surface area contributed by atoms with E-state index in [1.54, 1.807) is 7.11 Å². The molecule has 0 aliphatic rings. The first-order chi connectivity index (χ1) is 9.42. The largest absolute Gasteiger partial charge is 0.496 e. The van der Waals surface area contributed by atoms with Gasteiger partial charge in [-0.3, -0.25) is 0 Å². The highest BCUT2D eigenvalue weighted by Crippen LogP contribution is 2.30. The van der Waals surface area contributed by atoms with Crippen LogP contribution in [0.3, 0.4) is 0 Å². The van der Waals surface area contributed by atoms with Gasteiger partial charge in [0.05, 0.1) is 11.6 Å². The molecule has 0 aliphatic carbocycles. The Labute approximate surface area is 133 Å². The first-order valence-electron chi connectivity index (χ1n) is 6.30. The van der Waals surface area contributed by atoms with Crippen LogP contribution in [0.15, 0.2) is 46.9 Å². The number of halogens is 2. The number of ether oxygens (including phenoxy) is 1. The summed E-state index contributed by atoms with van der Waals surface area (Å²) in [6.07, 6.45) is 0.718. The summed E-state index contributed by atoms with van der Waals surface area (Å²) in [6, 6.07) is 13.7. The van der Waals surface area contributed by atoms with Crippen LogP contribution in [0.5, 0.6) is 5.75 Å². The predicted octanol–water partition coefficient (Wildman–Crippen LogP) is 4.53. The molecule has 0 aliphatic heterocycles. The van der Waals surface area contributed by atoms with Crippen LogP contribution in [-0.2, 0) is 12.0 Å². The monoisotopic (exact) mass is 353 g/mol. The molecule has 2 N–H and O–H groups in total. The second-order valence-corrected chi connectivity index (χ2v) is 6.36. The van der Waals surface area contributed by atoms with Crippen LogP contribution >= 0.6 is 27.5 Å². The van der Waals surface area contributed by atoms with Gasteiger partial charge in [-0.05, 0) is 64.7 Å². The lowest BCUT2D eigenvalue weighted by molar-refractivity contribution is 0.411. The average Bonchev–Trinajstić information content (AvgIpc) is 2.38. The molecule has 2 nitrogen and oxygen atoms in total. The van der Waals surface area contributed by atoms with E-state index in [0.717, 1.165) is 27.8 Å². The van der Waals surface area contributed by atoms with Gasteiger partial charge in [-0.15, -0.1) is 0 Å². The fourth-order valence-corrected chi connectivity index (χ4v) is 2.97. The number of rotatable bonds is 4. The van der Waals surface area contributed by atoms with Gasteiger partial charge in [0.2, 0.25) is 0 Å². The van der Waals surface area contributed by atoms with Gasteiger partial charge in [-0.1, -0.05) is 29.8 Å². The minimum absolute atomic E-state index is 0.473. The molecule has 0 fully saturated rings. The minimum Gasteiger partial charge on any atom is -0.496 e. The first-order valence-corrected chi connectivity index (χ1v) is 7.47. The van der Waals surface area contributed by atoms with E-state index in [9.17, 15) is 0 Å². The lowest BCUT2D eigenvalue weighted by atomic mass is 9.86. The molecule has 1 atom stereocenters. The molecule has 2 aromatic rings. The zero-order valence-electron chi connectivity index (χ0n) is 11.5. The van der Waals surface area contributed by atoms with Crippen LogP contribution in [0.4, 0.5) is 0 Å². The van der Waals surface area contributed by atoms with E-state index in [1.165, 1.54) is 0 Å². The molecule has 2 aromatic carbocycles. The van der Waals surface area contributed by atoms with Crippen molar-refractivity contribution >= 4 is 27.5 Å². The molecule has 0 radical (unpaired) electrons. The summed E-state index contributed by atoms with van der Waals surface area (Å²) >= 11 is 9.53. The van der Waals surface area contributed by atoms with Crippen molar-refractivity contribution in [2.45, 2.75) is 18.9 Å². The number of hydrogen-bond donors (Lipinski definition) is 1. The van der Waals surface area contributed by atoms with Crippen LogP contribution in [0, 0.1) is 0 Å². The molecule has 4 heteroatoms. The van der Waals surface area contributed by atoms with Gasteiger partial charge in [0.25, 0.3) is 0 Å². The van der Waals surface area contributed by atoms with Gasteiger partial charge in [-0.25, -0.2) is 0 Å². The van der Waals surface area contributed by atoms with Gasteiger partial charge in [0.1, 0.15) is 5.75 Å². The van der Waals surface area contributed by atoms with Gasteiger partial charge < -0.3 is 10.5 Å². The maximum Gasteiger partial charge on any atom is 0.133 e. The summed E-state index contributed by atoms with van der Waals surface area (Å²) < 4.78 is 6.16. The SMILES string of the molecule is COc1ccc(CC(C)(N)c2cccc(Cl)c2)cc1Br. The molecule has 0 bridgehead atoms. The Bertz CT molecular complexity index is 613. The zero-order chi connectivity index (χ0) is 14.8. The normalized spacial score (nSPS) is 13.8. The Balaban J connectivity index is 2.26. The van der Waals surface area contributed by atoms with E-state index in [-0.39, 0.29) is 0 Å². The number of methoxy groups -OCH3 is 1. The molecule has 0 amide bonds. The van der Waals surface area contributed by atoms with E-state index in [2.05, 4.69) is 15.9 Å². The van der Waals surface area contributed by atoms with Crippen LogP contribution < -0.4 is 10.5 Å². The second kappa shape index (κ2) is 6.17. The standard InChI is InChI=1S/C16H17BrClNO/c1-16(19,12-4-3-5-13(18)9-12)10-11-6-7-15(20-2)14(17)8-11/h3-9H,10,19H2,1-2H3. The third-order valence-electron chi connectivity index (χ3n) is 3.27. The van der Waals surface area contributed by atoms with Gasteiger partial charge in [-0.2, -0.15) is 0 Å². The first kappa shape index (κ1) is 15.4. The molecule has 0 saturated heterocycles. The van der Waals surface area contributed by atoms with Crippen molar-refractivity contribution in [2.24, 2.45) is 5.73 Å². The zero-order valence-corrected chi connectivity index (χ0v) is 13.8. The summed E-state index contributed by atoms with van der Waals surface area (Å²) in [7, 11) is 1.65. The second-order valence-electron chi connectivity index (χ2n) is 5.07. The lowest BCUT2D eigenvalue weighted by Crippen LogP contribution is -2.35. The summed E-state index contributed by atoms with van der Waals surface area (Å²) in [5.41, 5.74) is 8.15. The van der Waals surface area contributed by atoms with Crippen LogP contribution in [0.2, 0.25) is 5.02 Å². The van der Waals surface area contributed by atoms with Gasteiger partial charge in [0.15, 0.2) is 0 Å². The smallest absolute Gasteiger partial charge is 0.133 e. The van der Waals surface area contributed by atoms with Crippen LogP contribution in [-0.4, -0.2) is 7.11 Å². The van der Waals surface area contributed by atoms with E-state index >= 15 is 0 Å². The molecule has 106 valence electrons. The Morgan fingerprint density at radius 1 is 1.25 bits per heavy atom. The van der Waals surface area contributed by atoms with E-state index in [4.69, 9.17) is 22.1 Å². The Morgan fingerprint density at radius 2 is 2.00 bits per heavy atom. The number of hydrogen-bond acceptors (Lipinski definition) is 2. The quantitative estimate of drug-likeness (QED) is 0.875. The van der Waals surface area contributed by atoms with Crippen molar-refractivity contribution < 1.29 is 4.74 Å². The molecule has 0 saturated carbocycles. The van der Waals surface area contributed by atoms with Crippen molar-refractivity contribution in [1.82, 2.24) is 0 Å². The van der Waals surface area contributed by atoms with E-state index in [0.29, 0.717) is 5.02 Å². The number of nitrogens with two attached hydrogens (primary N) is 1. The summed E-state index contributed by atoms with van der Waals surface area (Å²) in [4.78, 5) is 0. The molecule has 0 aromatic heterocycles. The Kier molecular flexibility index (Phi) is 4.74. The maximum absolute atomic E-state index is 6.45. The van der Waals surface area contributed by atoms with Crippen molar-refractivity contribution in [3.8, 4) is 5.75 Å². The molecular formula is C16H17BrClNO. The predicted molar refractivity (Wildman–Crippen MR) is 87.4 cm³/mol. The highest BCUT2D eigenvalue weighted by Gasteiger charge is 2.22. The van der Waals surface area contributed by atoms with Crippen LogP contribution in [0.1, 0.15) is 18.1 Å². The molecule has 0 heterocycles. The molecule has 20 heavy (non-hydrogen) atoms. The maximum atomic E-state index is 6.45. The number of benzene rings is 2. The highest BCUT2D eigenvalue weighted by molar-refractivity contribution is 9.10. The summed E-state index contributed by atoms with van der Waals surface area (Å²) in [5, 5.41) is 0.704. The van der Waals surface area contributed by atoms with Gasteiger partial charge in [0, 0.05) is 10.6 Å². The average molecular weight is 355 g/mol. The third-order valence-corrected chi connectivity index (χ3v) is 4.13. The molecular weight excluding hydrogens is 338 g/mol. The topological polar surface area (TPSA) is 35.2 Å². The fraction of sp³-hybridized carbons (Fsp3) is 0.250. The molecule has 1 unspecified atom stereocenters. The minimum atomic E-state index is -0.473. The van der Waals surface area contributed by atoms with Crippen molar-refractivity contribution in [3.63, 3.8) is 0 Å². The summed E-state index contributed by atoms with van der Waals surface area (Å²) in [5.74, 6) is 0.815. The Morgan fingerprint density at radius 3 is 2.60 bits per heavy atom. The third kappa shape index (κ3) is 3.54. The lowest BCUT2D eigenvalue weighted by Gasteiger charge is -2.26. The van der Waals surface area contributed by atoms with E-state index < -0.39 is 5.54 Å².